The third-order valence-corrected chi connectivity index (χ3v) is 6.54. The highest BCUT2D eigenvalue weighted by molar-refractivity contribution is 9.10. The normalized spacial score (nSPS) is 27.5. The predicted octanol–water partition coefficient (Wildman–Crippen LogP) is 4.68. The second-order valence-corrected chi connectivity index (χ2v) is 8.57. The molecule has 138 valence electrons. The molecule has 4 heteroatoms. The molecule has 26 heavy (non-hydrogen) atoms. The van der Waals surface area contributed by atoms with Gasteiger partial charge in [0, 0.05) is 23.0 Å². The van der Waals surface area contributed by atoms with E-state index in [1.807, 2.05) is 7.11 Å². The molecule has 2 aromatic carbocycles. The van der Waals surface area contributed by atoms with Gasteiger partial charge in [-0.1, -0.05) is 34.1 Å². The largest absolute Gasteiger partial charge is 0.497 e. The quantitative estimate of drug-likeness (QED) is 0.785. The summed E-state index contributed by atoms with van der Waals surface area (Å²) in [6.07, 6.45) is 4.59. The maximum atomic E-state index is 6.06. The number of nitrogens with one attached hydrogen (secondary N) is 1. The number of ether oxygens (including phenoxy) is 2. The van der Waals surface area contributed by atoms with Crippen molar-refractivity contribution < 1.29 is 9.47 Å². The molecule has 1 N–H and O–H groups in total. The summed E-state index contributed by atoms with van der Waals surface area (Å²) in [7, 11) is 3.58. The monoisotopic (exact) mass is 415 g/mol. The summed E-state index contributed by atoms with van der Waals surface area (Å²) in [5, 5.41) is 3.74. The molecule has 0 aromatic heterocycles. The van der Waals surface area contributed by atoms with Crippen LogP contribution in [0.25, 0.3) is 0 Å². The lowest BCUT2D eigenvalue weighted by atomic mass is 9.71. The van der Waals surface area contributed by atoms with Crippen molar-refractivity contribution in [2.75, 3.05) is 20.8 Å². The van der Waals surface area contributed by atoms with E-state index in [0.29, 0.717) is 6.04 Å². The fourth-order valence-corrected chi connectivity index (χ4v) is 5.41. The SMILES string of the molecule is COc1ccc2c(c1)C(OC)C1(CCNC(Cc3cccc(Br)c3)C1)C2. The van der Waals surface area contributed by atoms with E-state index in [1.165, 1.54) is 16.7 Å². The van der Waals surface area contributed by atoms with Gasteiger partial charge in [0.25, 0.3) is 0 Å². The molecule has 1 spiro atoms. The van der Waals surface area contributed by atoms with Gasteiger partial charge in [-0.3, -0.25) is 0 Å². The minimum atomic E-state index is 0.153. The molecular formula is C22H26BrNO2. The van der Waals surface area contributed by atoms with E-state index in [0.717, 1.165) is 42.5 Å². The molecule has 0 saturated carbocycles. The third-order valence-electron chi connectivity index (χ3n) is 6.05. The van der Waals surface area contributed by atoms with Crippen molar-refractivity contribution in [2.45, 2.75) is 37.8 Å². The number of fused-ring (bicyclic) bond motifs is 1. The highest BCUT2D eigenvalue weighted by Crippen LogP contribution is 2.54. The molecule has 1 saturated heterocycles. The van der Waals surface area contributed by atoms with Gasteiger partial charge in [-0.2, -0.15) is 0 Å². The summed E-state index contributed by atoms with van der Waals surface area (Å²) in [5.41, 5.74) is 4.29. The molecule has 4 rings (SSSR count). The molecule has 0 radical (unpaired) electrons. The van der Waals surface area contributed by atoms with Crippen LogP contribution in [0, 0.1) is 5.41 Å². The molecule has 1 aliphatic carbocycles. The Morgan fingerprint density at radius 3 is 2.85 bits per heavy atom. The number of halogens is 1. The molecule has 2 aliphatic rings. The van der Waals surface area contributed by atoms with Gasteiger partial charge in [0.15, 0.2) is 0 Å². The second kappa shape index (κ2) is 7.34. The highest BCUT2D eigenvalue weighted by atomic mass is 79.9. The smallest absolute Gasteiger partial charge is 0.119 e. The summed E-state index contributed by atoms with van der Waals surface area (Å²) < 4.78 is 12.7. The average Bonchev–Trinajstić information content (AvgIpc) is 2.92. The number of piperidine rings is 1. The summed E-state index contributed by atoms with van der Waals surface area (Å²) in [6.45, 7) is 1.05. The molecule has 3 nitrogen and oxygen atoms in total. The van der Waals surface area contributed by atoms with Crippen LogP contribution in [0.1, 0.15) is 35.6 Å². The lowest BCUT2D eigenvalue weighted by Crippen LogP contribution is -2.47. The molecule has 2 aromatic rings. The van der Waals surface area contributed by atoms with E-state index in [9.17, 15) is 0 Å². The lowest BCUT2D eigenvalue weighted by Gasteiger charge is -2.42. The fourth-order valence-electron chi connectivity index (χ4n) is 4.97. The minimum Gasteiger partial charge on any atom is -0.497 e. The van der Waals surface area contributed by atoms with Crippen LogP contribution in [0.3, 0.4) is 0 Å². The van der Waals surface area contributed by atoms with Crippen molar-refractivity contribution in [3.05, 3.63) is 63.6 Å². The maximum absolute atomic E-state index is 6.06. The van der Waals surface area contributed by atoms with Crippen LogP contribution in [-0.2, 0) is 17.6 Å². The van der Waals surface area contributed by atoms with E-state index in [-0.39, 0.29) is 11.5 Å². The molecule has 0 amide bonds. The van der Waals surface area contributed by atoms with Gasteiger partial charge < -0.3 is 14.8 Å². The Labute approximate surface area is 164 Å². The zero-order valence-corrected chi connectivity index (χ0v) is 17.0. The van der Waals surface area contributed by atoms with Crippen LogP contribution in [0.2, 0.25) is 0 Å². The molecule has 1 fully saturated rings. The minimum absolute atomic E-state index is 0.153. The number of hydrogen-bond donors (Lipinski definition) is 1. The zero-order chi connectivity index (χ0) is 18.1. The number of hydrogen-bond acceptors (Lipinski definition) is 3. The van der Waals surface area contributed by atoms with Crippen LogP contribution in [-0.4, -0.2) is 26.8 Å². The van der Waals surface area contributed by atoms with E-state index in [4.69, 9.17) is 9.47 Å². The first-order chi connectivity index (χ1) is 12.6. The van der Waals surface area contributed by atoms with Crippen molar-refractivity contribution in [1.82, 2.24) is 5.32 Å². The van der Waals surface area contributed by atoms with Gasteiger partial charge in [-0.15, -0.1) is 0 Å². The number of rotatable bonds is 4. The molecule has 3 unspecified atom stereocenters. The first-order valence-electron chi connectivity index (χ1n) is 9.31. The first kappa shape index (κ1) is 18.0. The van der Waals surface area contributed by atoms with Gasteiger partial charge in [0.1, 0.15) is 5.75 Å². The summed E-state index contributed by atoms with van der Waals surface area (Å²) in [4.78, 5) is 0. The summed E-state index contributed by atoms with van der Waals surface area (Å²) >= 11 is 3.59. The van der Waals surface area contributed by atoms with E-state index in [1.54, 1.807) is 7.11 Å². The molecule has 1 aliphatic heterocycles. The van der Waals surface area contributed by atoms with Crippen molar-refractivity contribution in [1.29, 1.82) is 0 Å². The van der Waals surface area contributed by atoms with Crippen LogP contribution >= 0.6 is 15.9 Å². The van der Waals surface area contributed by atoms with Gasteiger partial charge in [0.05, 0.1) is 13.2 Å². The second-order valence-electron chi connectivity index (χ2n) is 7.66. The van der Waals surface area contributed by atoms with E-state index < -0.39 is 0 Å². The average molecular weight is 416 g/mol. The Bertz CT molecular complexity index is 793. The van der Waals surface area contributed by atoms with Crippen molar-refractivity contribution in [3.63, 3.8) is 0 Å². The Balaban J connectivity index is 1.57. The molecular weight excluding hydrogens is 390 g/mol. The standard InChI is InChI=1S/C22H26BrNO2/c1-25-19-7-6-16-13-22(21(26-2)20(16)12-19)8-9-24-18(14-22)11-15-4-3-5-17(23)10-15/h3-7,10,12,18,21,24H,8-9,11,13-14H2,1-2H3. The third kappa shape index (κ3) is 3.30. The first-order valence-corrected chi connectivity index (χ1v) is 10.1. The summed E-state index contributed by atoms with van der Waals surface area (Å²) in [6, 6.07) is 15.6. The number of methoxy groups -OCH3 is 2. The van der Waals surface area contributed by atoms with Crippen LogP contribution in [0.4, 0.5) is 0 Å². The predicted molar refractivity (Wildman–Crippen MR) is 108 cm³/mol. The van der Waals surface area contributed by atoms with Crippen LogP contribution < -0.4 is 10.1 Å². The Kier molecular flexibility index (Phi) is 5.09. The van der Waals surface area contributed by atoms with Crippen molar-refractivity contribution in [2.24, 2.45) is 5.41 Å². The molecule has 3 atom stereocenters. The molecule has 0 bridgehead atoms. The Morgan fingerprint density at radius 2 is 2.08 bits per heavy atom. The van der Waals surface area contributed by atoms with Gasteiger partial charge in [-0.05, 0) is 73.2 Å². The fraction of sp³-hybridized carbons (Fsp3) is 0.455. The Hall–Kier alpha value is -1.36. The van der Waals surface area contributed by atoms with Gasteiger partial charge in [-0.25, -0.2) is 0 Å². The van der Waals surface area contributed by atoms with Crippen molar-refractivity contribution >= 4 is 15.9 Å². The van der Waals surface area contributed by atoms with Crippen LogP contribution in [0.5, 0.6) is 5.75 Å². The van der Waals surface area contributed by atoms with Crippen molar-refractivity contribution in [3.8, 4) is 5.75 Å². The van der Waals surface area contributed by atoms with Gasteiger partial charge in [0.2, 0.25) is 0 Å². The van der Waals surface area contributed by atoms with Crippen LogP contribution in [0.15, 0.2) is 46.9 Å². The lowest BCUT2D eigenvalue weighted by molar-refractivity contribution is -0.0290. The summed E-state index contributed by atoms with van der Waals surface area (Å²) in [5.74, 6) is 0.919. The van der Waals surface area contributed by atoms with E-state index >= 15 is 0 Å². The number of benzene rings is 2. The Morgan fingerprint density at radius 1 is 1.19 bits per heavy atom. The topological polar surface area (TPSA) is 30.5 Å². The van der Waals surface area contributed by atoms with E-state index in [2.05, 4.69) is 63.7 Å². The highest BCUT2D eigenvalue weighted by Gasteiger charge is 2.49. The van der Waals surface area contributed by atoms with Gasteiger partial charge >= 0.3 is 0 Å². The maximum Gasteiger partial charge on any atom is 0.119 e. The molecule has 1 heterocycles. The zero-order valence-electron chi connectivity index (χ0n) is 15.4.